The van der Waals surface area contributed by atoms with Crippen LogP contribution in [-0.2, 0) is 15.8 Å². The Hall–Kier alpha value is -2.01. The van der Waals surface area contributed by atoms with Crippen LogP contribution in [0.25, 0.3) is 0 Å². The van der Waals surface area contributed by atoms with Crippen LogP contribution in [0.4, 0.5) is 0 Å². The third kappa shape index (κ3) is 3.99. The summed E-state index contributed by atoms with van der Waals surface area (Å²) in [5.41, 5.74) is 1.88. The number of benzene rings is 1. The second-order valence-corrected chi connectivity index (χ2v) is 5.77. The maximum absolute atomic E-state index is 12.0. The highest BCUT2D eigenvalue weighted by Gasteiger charge is 2.11. The van der Waals surface area contributed by atoms with Crippen molar-refractivity contribution in [1.29, 1.82) is 0 Å². The molecular formula is C14H14N2O2S. The summed E-state index contributed by atoms with van der Waals surface area (Å²) in [7, 11) is -3.52. The molecule has 2 rings (SSSR count). The van der Waals surface area contributed by atoms with Crippen LogP contribution in [0.1, 0.15) is 18.1 Å². The van der Waals surface area contributed by atoms with E-state index < -0.39 is 10.0 Å². The zero-order chi connectivity index (χ0) is 13.7. The van der Waals surface area contributed by atoms with Crippen molar-refractivity contribution >= 4 is 15.7 Å². The first kappa shape index (κ1) is 13.4. The minimum Gasteiger partial charge on any atom is -0.264 e. The van der Waals surface area contributed by atoms with Gasteiger partial charge >= 0.3 is 0 Å². The third-order valence-electron chi connectivity index (χ3n) is 2.55. The smallest absolute Gasteiger partial charge is 0.257 e. The Balaban J connectivity index is 2.22. The fourth-order valence-electron chi connectivity index (χ4n) is 1.66. The predicted octanol–water partition coefficient (Wildman–Crippen LogP) is 2.42. The van der Waals surface area contributed by atoms with Crippen molar-refractivity contribution in [2.45, 2.75) is 12.7 Å². The molecule has 0 unspecified atom stereocenters. The SMILES string of the molecule is C/C(=N\S(=O)(=O)Cc1ccccc1)c1cccnc1. The maximum atomic E-state index is 12.0. The fourth-order valence-corrected chi connectivity index (χ4v) is 2.86. The van der Waals surface area contributed by atoms with Crippen LogP contribution in [0.15, 0.2) is 59.3 Å². The van der Waals surface area contributed by atoms with Crippen LogP contribution in [0.3, 0.4) is 0 Å². The van der Waals surface area contributed by atoms with E-state index in [-0.39, 0.29) is 5.75 Å². The lowest BCUT2D eigenvalue weighted by Gasteiger charge is -2.02. The normalized spacial score (nSPS) is 12.4. The molecule has 1 aromatic carbocycles. The standard InChI is InChI=1S/C14H14N2O2S/c1-12(14-8-5-9-15-10-14)16-19(17,18)11-13-6-3-2-4-7-13/h2-10H,11H2,1H3/b16-12+. The lowest BCUT2D eigenvalue weighted by atomic mass is 10.2. The van der Waals surface area contributed by atoms with Gasteiger partial charge < -0.3 is 0 Å². The van der Waals surface area contributed by atoms with Gasteiger partial charge in [-0.3, -0.25) is 4.98 Å². The highest BCUT2D eigenvalue weighted by Crippen LogP contribution is 2.09. The van der Waals surface area contributed by atoms with Crippen LogP contribution in [-0.4, -0.2) is 19.1 Å². The summed E-state index contributed by atoms with van der Waals surface area (Å²) in [4.78, 5) is 3.94. The molecule has 0 aliphatic rings. The Kier molecular flexibility index (Phi) is 4.06. The van der Waals surface area contributed by atoms with Crippen LogP contribution in [0.5, 0.6) is 0 Å². The van der Waals surface area contributed by atoms with Crippen LogP contribution in [0, 0.1) is 0 Å². The minimum atomic E-state index is -3.52. The van der Waals surface area contributed by atoms with E-state index in [1.54, 1.807) is 43.6 Å². The lowest BCUT2D eigenvalue weighted by Crippen LogP contribution is -2.05. The molecule has 0 aliphatic carbocycles. The molecule has 0 spiro atoms. The van der Waals surface area contributed by atoms with E-state index in [1.807, 2.05) is 18.2 Å². The summed E-state index contributed by atoms with van der Waals surface area (Å²) in [6, 6.07) is 12.5. The molecule has 5 heteroatoms. The van der Waals surface area contributed by atoms with E-state index >= 15 is 0 Å². The first-order valence-electron chi connectivity index (χ1n) is 5.80. The van der Waals surface area contributed by atoms with E-state index in [0.717, 1.165) is 5.56 Å². The van der Waals surface area contributed by atoms with Gasteiger partial charge in [0.15, 0.2) is 0 Å². The van der Waals surface area contributed by atoms with Gasteiger partial charge in [0.25, 0.3) is 10.0 Å². The molecule has 2 aromatic rings. The van der Waals surface area contributed by atoms with E-state index in [1.165, 1.54) is 0 Å². The summed E-state index contributed by atoms with van der Waals surface area (Å²) < 4.78 is 27.8. The molecule has 1 heterocycles. The van der Waals surface area contributed by atoms with Crippen LogP contribution >= 0.6 is 0 Å². The molecule has 0 aliphatic heterocycles. The first-order valence-corrected chi connectivity index (χ1v) is 7.41. The van der Waals surface area contributed by atoms with Crippen LogP contribution < -0.4 is 0 Å². The number of pyridine rings is 1. The van der Waals surface area contributed by atoms with Gasteiger partial charge in [0.1, 0.15) is 0 Å². The maximum Gasteiger partial charge on any atom is 0.257 e. The summed E-state index contributed by atoms with van der Waals surface area (Å²) >= 11 is 0. The van der Waals surface area contributed by atoms with Gasteiger partial charge in [-0.15, -0.1) is 0 Å². The van der Waals surface area contributed by atoms with Crippen molar-refractivity contribution < 1.29 is 8.42 Å². The van der Waals surface area contributed by atoms with E-state index in [0.29, 0.717) is 11.3 Å². The fraction of sp³-hybridized carbons (Fsp3) is 0.143. The van der Waals surface area contributed by atoms with E-state index in [4.69, 9.17) is 0 Å². The lowest BCUT2D eigenvalue weighted by molar-refractivity contribution is 0.597. The number of sulfonamides is 1. The van der Waals surface area contributed by atoms with Crippen molar-refractivity contribution in [2.24, 2.45) is 4.40 Å². The van der Waals surface area contributed by atoms with Gasteiger partial charge in [-0.25, -0.2) is 8.42 Å². The molecule has 0 amide bonds. The molecule has 4 nitrogen and oxygen atoms in total. The van der Waals surface area contributed by atoms with Crippen molar-refractivity contribution in [3.8, 4) is 0 Å². The average Bonchev–Trinajstić information content (AvgIpc) is 2.39. The summed E-state index contributed by atoms with van der Waals surface area (Å²) in [6.45, 7) is 1.67. The third-order valence-corrected chi connectivity index (χ3v) is 3.80. The molecule has 19 heavy (non-hydrogen) atoms. The van der Waals surface area contributed by atoms with Crippen LogP contribution in [0.2, 0.25) is 0 Å². The van der Waals surface area contributed by atoms with Gasteiger partial charge in [0.2, 0.25) is 0 Å². The van der Waals surface area contributed by atoms with Gasteiger partial charge in [0.05, 0.1) is 11.5 Å². The second kappa shape index (κ2) is 5.75. The van der Waals surface area contributed by atoms with Gasteiger partial charge in [-0.05, 0) is 18.6 Å². The number of hydrogen-bond donors (Lipinski definition) is 0. The van der Waals surface area contributed by atoms with E-state index in [9.17, 15) is 8.42 Å². The molecule has 0 saturated carbocycles. The molecule has 98 valence electrons. The number of aromatic nitrogens is 1. The van der Waals surface area contributed by atoms with Gasteiger partial charge in [-0.2, -0.15) is 4.40 Å². The Morgan fingerprint density at radius 2 is 1.89 bits per heavy atom. The number of rotatable bonds is 4. The van der Waals surface area contributed by atoms with Crippen molar-refractivity contribution in [3.63, 3.8) is 0 Å². The Labute approximate surface area is 112 Å². The summed E-state index contributed by atoms with van der Waals surface area (Å²) in [5, 5.41) is 0. The quantitative estimate of drug-likeness (QED) is 0.804. The molecule has 0 bridgehead atoms. The van der Waals surface area contributed by atoms with E-state index in [2.05, 4.69) is 9.38 Å². The number of hydrogen-bond acceptors (Lipinski definition) is 3. The predicted molar refractivity (Wildman–Crippen MR) is 75.5 cm³/mol. The van der Waals surface area contributed by atoms with Crippen molar-refractivity contribution in [1.82, 2.24) is 4.98 Å². The van der Waals surface area contributed by atoms with Crippen molar-refractivity contribution in [2.75, 3.05) is 0 Å². The highest BCUT2D eigenvalue weighted by molar-refractivity contribution is 7.89. The summed E-state index contributed by atoms with van der Waals surface area (Å²) in [6.07, 6.45) is 3.23. The topological polar surface area (TPSA) is 59.4 Å². The molecule has 0 saturated heterocycles. The molecule has 1 aromatic heterocycles. The molecule has 0 fully saturated rings. The average molecular weight is 274 g/mol. The molecular weight excluding hydrogens is 260 g/mol. The largest absolute Gasteiger partial charge is 0.264 e. The Morgan fingerprint density at radius 1 is 1.16 bits per heavy atom. The summed E-state index contributed by atoms with van der Waals surface area (Å²) in [5.74, 6) is -0.0918. The first-order chi connectivity index (χ1) is 9.07. The molecule has 0 N–H and O–H groups in total. The Bertz CT molecular complexity index is 665. The highest BCUT2D eigenvalue weighted by atomic mass is 32.2. The Morgan fingerprint density at radius 3 is 2.53 bits per heavy atom. The second-order valence-electron chi connectivity index (χ2n) is 4.13. The number of nitrogens with zero attached hydrogens (tertiary/aromatic N) is 2. The monoisotopic (exact) mass is 274 g/mol. The molecule has 0 atom stereocenters. The zero-order valence-electron chi connectivity index (χ0n) is 10.5. The van der Waals surface area contributed by atoms with Gasteiger partial charge in [-0.1, -0.05) is 36.4 Å². The van der Waals surface area contributed by atoms with Gasteiger partial charge in [0, 0.05) is 18.0 Å². The minimum absolute atomic E-state index is 0.0918. The van der Waals surface area contributed by atoms with Crippen molar-refractivity contribution in [3.05, 3.63) is 66.0 Å². The zero-order valence-corrected chi connectivity index (χ0v) is 11.3. The molecule has 0 radical (unpaired) electrons.